The highest BCUT2D eigenvalue weighted by Gasteiger charge is 2.40. The van der Waals surface area contributed by atoms with E-state index in [1.165, 1.54) is 0 Å². The maximum Gasteiger partial charge on any atom is 0.310 e. The highest BCUT2D eigenvalue weighted by Crippen LogP contribution is 2.18. The predicted octanol–water partition coefficient (Wildman–Crippen LogP) is -1.52. The van der Waals surface area contributed by atoms with Gasteiger partial charge in [0.15, 0.2) is 9.84 Å². The van der Waals surface area contributed by atoms with Crippen LogP contribution >= 0.6 is 0 Å². The van der Waals surface area contributed by atoms with Gasteiger partial charge in [0.05, 0.1) is 23.5 Å². The Labute approximate surface area is 63.6 Å². The molecule has 0 saturated carbocycles. The van der Waals surface area contributed by atoms with E-state index in [1.807, 2.05) is 0 Å². The van der Waals surface area contributed by atoms with E-state index in [9.17, 15) is 13.2 Å². The average molecular weight is 180 g/mol. The topological polar surface area (TPSA) is 91.7 Å². The van der Waals surface area contributed by atoms with Gasteiger partial charge in [-0.05, 0) is 0 Å². The van der Waals surface area contributed by atoms with Crippen molar-refractivity contribution >= 4 is 15.8 Å². The molecule has 64 valence electrons. The number of hydrogen-bond donors (Lipinski definition) is 2. The van der Waals surface area contributed by atoms with Crippen molar-refractivity contribution in [2.24, 2.45) is 5.92 Å². The Bertz CT molecular complexity index is 267. The number of aliphatic hydroxyl groups excluding tert-OH is 1. The van der Waals surface area contributed by atoms with E-state index in [0.717, 1.165) is 0 Å². The van der Waals surface area contributed by atoms with Crippen LogP contribution < -0.4 is 0 Å². The summed E-state index contributed by atoms with van der Waals surface area (Å²) in [7, 11) is -3.32. The first-order chi connectivity index (χ1) is 4.92. The van der Waals surface area contributed by atoms with Crippen LogP contribution in [0.25, 0.3) is 0 Å². The Morgan fingerprint density at radius 3 is 2.09 bits per heavy atom. The van der Waals surface area contributed by atoms with E-state index in [1.54, 1.807) is 0 Å². The van der Waals surface area contributed by atoms with Crippen molar-refractivity contribution in [2.45, 2.75) is 6.10 Å². The van der Waals surface area contributed by atoms with Gasteiger partial charge >= 0.3 is 5.97 Å². The molecular weight excluding hydrogens is 172 g/mol. The fourth-order valence-corrected chi connectivity index (χ4v) is 2.87. The van der Waals surface area contributed by atoms with Gasteiger partial charge in [-0.15, -0.1) is 0 Å². The number of sulfone groups is 1. The minimum Gasteiger partial charge on any atom is -0.481 e. The van der Waals surface area contributed by atoms with Crippen LogP contribution in [0.4, 0.5) is 0 Å². The minimum absolute atomic E-state index is 0.427. The summed E-state index contributed by atoms with van der Waals surface area (Å²) in [5.41, 5.74) is 0. The molecule has 0 aliphatic carbocycles. The minimum atomic E-state index is -3.32. The summed E-state index contributed by atoms with van der Waals surface area (Å²) >= 11 is 0. The fourth-order valence-electron chi connectivity index (χ4n) is 1.06. The third-order valence-electron chi connectivity index (χ3n) is 1.64. The number of carboxylic acid groups (broad SMARTS) is 1. The number of aliphatic carboxylic acids is 1. The number of hydrogen-bond acceptors (Lipinski definition) is 4. The highest BCUT2D eigenvalue weighted by molar-refractivity contribution is 7.91. The molecule has 1 aliphatic heterocycles. The monoisotopic (exact) mass is 180 g/mol. The standard InChI is InChI=1S/C5H8O5S/c6-4-2-11(9,10)1-3(4)5(7)8/h3-4,6H,1-2H2,(H,7,8)/t3-,4+/m0/s1. The molecule has 1 aliphatic rings. The molecule has 1 heterocycles. The molecule has 0 aromatic carbocycles. The normalized spacial score (nSPS) is 35.4. The van der Waals surface area contributed by atoms with Gasteiger partial charge in [-0.2, -0.15) is 0 Å². The van der Waals surface area contributed by atoms with E-state index >= 15 is 0 Å². The molecule has 5 nitrogen and oxygen atoms in total. The first kappa shape index (κ1) is 8.48. The lowest BCUT2D eigenvalue weighted by Gasteiger charge is -2.04. The van der Waals surface area contributed by atoms with E-state index in [4.69, 9.17) is 10.2 Å². The summed E-state index contributed by atoms with van der Waals surface area (Å²) < 4.78 is 21.5. The molecule has 1 fully saturated rings. The molecule has 0 amide bonds. The first-order valence-corrected chi connectivity index (χ1v) is 4.86. The van der Waals surface area contributed by atoms with Gasteiger partial charge < -0.3 is 10.2 Å². The Balaban J connectivity index is 2.83. The van der Waals surface area contributed by atoms with Gasteiger partial charge in [0, 0.05) is 0 Å². The lowest BCUT2D eigenvalue weighted by atomic mass is 10.1. The number of rotatable bonds is 1. The fraction of sp³-hybridized carbons (Fsp3) is 0.800. The average Bonchev–Trinajstić information content (AvgIpc) is 2.05. The van der Waals surface area contributed by atoms with Crippen LogP contribution in [0.15, 0.2) is 0 Å². The molecule has 0 bridgehead atoms. The van der Waals surface area contributed by atoms with Crippen LogP contribution in [0.2, 0.25) is 0 Å². The van der Waals surface area contributed by atoms with E-state index in [-0.39, 0.29) is 0 Å². The van der Waals surface area contributed by atoms with Crippen molar-refractivity contribution in [3.05, 3.63) is 0 Å². The third kappa shape index (κ3) is 1.69. The van der Waals surface area contributed by atoms with Crippen LogP contribution in [-0.4, -0.2) is 42.2 Å². The molecule has 0 unspecified atom stereocenters. The molecule has 1 rings (SSSR count). The molecule has 0 aromatic rings. The van der Waals surface area contributed by atoms with Gasteiger partial charge in [0.2, 0.25) is 0 Å². The summed E-state index contributed by atoms with van der Waals surface area (Å²) in [6.45, 7) is 0. The van der Waals surface area contributed by atoms with Crippen LogP contribution in [0.3, 0.4) is 0 Å². The van der Waals surface area contributed by atoms with Gasteiger partial charge in [0.25, 0.3) is 0 Å². The summed E-state index contributed by atoms with van der Waals surface area (Å²) in [6.07, 6.45) is -1.24. The van der Waals surface area contributed by atoms with Gasteiger partial charge in [-0.3, -0.25) is 4.79 Å². The third-order valence-corrected chi connectivity index (χ3v) is 3.36. The number of aliphatic hydroxyl groups is 1. The molecular formula is C5H8O5S. The maximum atomic E-state index is 10.7. The second-order valence-electron chi connectivity index (χ2n) is 2.59. The number of carbonyl (C=O) groups is 1. The molecule has 2 N–H and O–H groups in total. The van der Waals surface area contributed by atoms with Crippen LogP contribution in [-0.2, 0) is 14.6 Å². The Kier molecular flexibility index (Phi) is 1.89. The van der Waals surface area contributed by atoms with Gasteiger partial charge in [-0.25, -0.2) is 8.42 Å². The van der Waals surface area contributed by atoms with Gasteiger partial charge in [0.1, 0.15) is 0 Å². The van der Waals surface area contributed by atoms with E-state index < -0.39 is 39.3 Å². The van der Waals surface area contributed by atoms with Crippen LogP contribution in [0, 0.1) is 5.92 Å². The van der Waals surface area contributed by atoms with Crippen LogP contribution in [0.1, 0.15) is 0 Å². The summed E-state index contributed by atoms with van der Waals surface area (Å²) in [5, 5.41) is 17.3. The molecule has 2 atom stereocenters. The van der Waals surface area contributed by atoms with Crippen molar-refractivity contribution in [1.82, 2.24) is 0 Å². The largest absolute Gasteiger partial charge is 0.481 e. The second-order valence-corrected chi connectivity index (χ2v) is 4.74. The van der Waals surface area contributed by atoms with Crippen molar-refractivity contribution in [1.29, 1.82) is 0 Å². The summed E-state index contributed by atoms with van der Waals surface area (Å²) in [5.74, 6) is -3.26. The van der Waals surface area contributed by atoms with Crippen LogP contribution in [0.5, 0.6) is 0 Å². The summed E-state index contributed by atoms with van der Waals surface area (Å²) in [4.78, 5) is 10.3. The highest BCUT2D eigenvalue weighted by atomic mass is 32.2. The molecule has 6 heteroatoms. The van der Waals surface area contributed by atoms with Crippen molar-refractivity contribution in [3.8, 4) is 0 Å². The van der Waals surface area contributed by atoms with Crippen molar-refractivity contribution in [3.63, 3.8) is 0 Å². The zero-order valence-corrected chi connectivity index (χ0v) is 6.41. The van der Waals surface area contributed by atoms with E-state index in [0.29, 0.717) is 0 Å². The lowest BCUT2D eigenvalue weighted by molar-refractivity contribution is -0.143. The molecule has 0 spiro atoms. The molecule has 0 aromatic heterocycles. The van der Waals surface area contributed by atoms with Crippen molar-refractivity contribution < 1.29 is 23.4 Å². The SMILES string of the molecule is O=C(O)[C@H]1CS(=O)(=O)C[C@H]1O. The second kappa shape index (κ2) is 2.46. The van der Waals surface area contributed by atoms with E-state index in [2.05, 4.69) is 0 Å². The maximum absolute atomic E-state index is 10.7. The Hall–Kier alpha value is -0.620. The Morgan fingerprint density at radius 1 is 1.36 bits per heavy atom. The molecule has 11 heavy (non-hydrogen) atoms. The number of carboxylic acids is 1. The lowest BCUT2D eigenvalue weighted by Crippen LogP contribution is -2.25. The Morgan fingerprint density at radius 2 is 1.91 bits per heavy atom. The zero-order valence-electron chi connectivity index (χ0n) is 5.60. The smallest absolute Gasteiger partial charge is 0.310 e. The van der Waals surface area contributed by atoms with Crippen molar-refractivity contribution in [2.75, 3.05) is 11.5 Å². The predicted molar refractivity (Wildman–Crippen MR) is 35.8 cm³/mol. The quantitative estimate of drug-likeness (QED) is 0.511. The van der Waals surface area contributed by atoms with Gasteiger partial charge in [-0.1, -0.05) is 0 Å². The summed E-state index contributed by atoms with van der Waals surface area (Å²) in [6, 6.07) is 0. The first-order valence-electron chi connectivity index (χ1n) is 3.04. The molecule has 1 saturated heterocycles. The molecule has 0 radical (unpaired) electrons. The zero-order chi connectivity index (χ0) is 8.65.